The van der Waals surface area contributed by atoms with Crippen LogP contribution in [0, 0.1) is 0 Å². The van der Waals surface area contributed by atoms with Crippen molar-refractivity contribution >= 4 is 12.3 Å². The molecule has 96 valence electrons. The van der Waals surface area contributed by atoms with Gasteiger partial charge in [-0.2, -0.15) is 0 Å². The average Bonchev–Trinajstić information content (AvgIpc) is 2.48. The highest BCUT2D eigenvalue weighted by Gasteiger charge is 2.08. The van der Waals surface area contributed by atoms with E-state index < -0.39 is 5.97 Å². The van der Waals surface area contributed by atoms with Gasteiger partial charge in [-0.25, -0.2) is 4.79 Å². The third-order valence-corrected chi connectivity index (χ3v) is 2.55. The first-order valence-electron chi connectivity index (χ1n) is 5.64. The van der Waals surface area contributed by atoms with Crippen molar-refractivity contribution in [1.82, 2.24) is 0 Å². The fourth-order valence-corrected chi connectivity index (χ4v) is 1.51. The van der Waals surface area contributed by atoms with Gasteiger partial charge in [-0.1, -0.05) is 12.1 Å². The summed E-state index contributed by atoms with van der Waals surface area (Å²) < 4.78 is 10.2. The number of rotatable bonds is 4. The third kappa shape index (κ3) is 3.19. The van der Waals surface area contributed by atoms with Crippen LogP contribution in [0.25, 0.3) is 0 Å². The van der Waals surface area contributed by atoms with Crippen molar-refractivity contribution in [3.63, 3.8) is 0 Å². The van der Waals surface area contributed by atoms with E-state index in [1.54, 1.807) is 55.6 Å². The van der Waals surface area contributed by atoms with Crippen LogP contribution in [0.2, 0.25) is 0 Å². The van der Waals surface area contributed by atoms with Crippen molar-refractivity contribution in [3.8, 4) is 11.5 Å². The highest BCUT2D eigenvalue weighted by molar-refractivity contribution is 5.91. The summed E-state index contributed by atoms with van der Waals surface area (Å²) in [7, 11) is 1.57. The van der Waals surface area contributed by atoms with Crippen molar-refractivity contribution < 1.29 is 19.1 Å². The Morgan fingerprint density at radius 3 is 2.05 bits per heavy atom. The summed E-state index contributed by atoms with van der Waals surface area (Å²) in [5, 5.41) is 0. The van der Waals surface area contributed by atoms with Gasteiger partial charge in [0, 0.05) is 5.56 Å². The largest absolute Gasteiger partial charge is 0.497 e. The van der Waals surface area contributed by atoms with Crippen molar-refractivity contribution in [1.29, 1.82) is 0 Å². The Labute approximate surface area is 110 Å². The molecule has 4 heteroatoms. The molecule has 0 heterocycles. The molecule has 2 rings (SSSR count). The van der Waals surface area contributed by atoms with Gasteiger partial charge in [0.05, 0.1) is 12.7 Å². The highest BCUT2D eigenvalue weighted by Crippen LogP contribution is 2.18. The maximum atomic E-state index is 11.8. The Hall–Kier alpha value is -2.62. The molecule has 0 radical (unpaired) electrons. The van der Waals surface area contributed by atoms with Crippen LogP contribution in [0.15, 0.2) is 48.5 Å². The molecule has 0 spiro atoms. The van der Waals surface area contributed by atoms with Gasteiger partial charge in [0.2, 0.25) is 0 Å². The van der Waals surface area contributed by atoms with E-state index >= 15 is 0 Å². The average molecular weight is 256 g/mol. The number of esters is 1. The van der Waals surface area contributed by atoms with E-state index in [0.29, 0.717) is 22.6 Å². The minimum absolute atomic E-state index is 0.390. The lowest BCUT2D eigenvalue weighted by atomic mass is 10.1. The molecule has 0 fully saturated rings. The summed E-state index contributed by atoms with van der Waals surface area (Å²) in [5.41, 5.74) is 0.905. The molecule has 0 atom stereocenters. The molecular formula is C15H12O4. The molecule has 0 amide bonds. The molecule has 0 bridgehead atoms. The first kappa shape index (κ1) is 12.8. The lowest BCUT2D eigenvalue weighted by Crippen LogP contribution is -2.08. The number of hydrogen-bond donors (Lipinski definition) is 0. The van der Waals surface area contributed by atoms with Gasteiger partial charge in [0.1, 0.15) is 17.8 Å². The zero-order valence-corrected chi connectivity index (χ0v) is 10.3. The fraction of sp³-hybridized carbons (Fsp3) is 0.0667. The predicted molar refractivity (Wildman–Crippen MR) is 69.8 cm³/mol. The predicted octanol–water partition coefficient (Wildman–Crippen LogP) is 2.73. The van der Waals surface area contributed by atoms with Crippen LogP contribution in [-0.2, 0) is 0 Å². The quantitative estimate of drug-likeness (QED) is 0.479. The van der Waals surface area contributed by atoms with Crippen LogP contribution in [0.4, 0.5) is 0 Å². The smallest absolute Gasteiger partial charge is 0.343 e. The Kier molecular flexibility index (Phi) is 3.93. The van der Waals surface area contributed by atoms with E-state index in [2.05, 4.69) is 0 Å². The fourth-order valence-electron chi connectivity index (χ4n) is 1.51. The first-order valence-corrected chi connectivity index (χ1v) is 5.64. The maximum Gasteiger partial charge on any atom is 0.343 e. The second-order valence-electron chi connectivity index (χ2n) is 3.80. The van der Waals surface area contributed by atoms with Crippen LogP contribution >= 0.6 is 0 Å². The zero-order chi connectivity index (χ0) is 13.7. The van der Waals surface area contributed by atoms with Crippen LogP contribution in [0.5, 0.6) is 11.5 Å². The van der Waals surface area contributed by atoms with E-state index in [1.165, 1.54) is 0 Å². The summed E-state index contributed by atoms with van der Waals surface area (Å²) in [6.45, 7) is 0. The lowest BCUT2D eigenvalue weighted by Gasteiger charge is -2.05. The number of benzene rings is 2. The van der Waals surface area contributed by atoms with E-state index in [-0.39, 0.29) is 0 Å². The summed E-state index contributed by atoms with van der Waals surface area (Å²) in [4.78, 5) is 22.3. The number of aldehydes is 1. The van der Waals surface area contributed by atoms with Crippen LogP contribution in [0.3, 0.4) is 0 Å². The van der Waals surface area contributed by atoms with Crippen molar-refractivity contribution in [3.05, 3.63) is 59.7 Å². The van der Waals surface area contributed by atoms with Crippen LogP contribution < -0.4 is 9.47 Å². The van der Waals surface area contributed by atoms with Gasteiger partial charge in [-0.15, -0.1) is 0 Å². The van der Waals surface area contributed by atoms with Crippen LogP contribution in [-0.4, -0.2) is 19.4 Å². The molecule has 0 aliphatic rings. The zero-order valence-electron chi connectivity index (χ0n) is 10.3. The molecule has 0 saturated heterocycles. The van der Waals surface area contributed by atoms with E-state index in [0.717, 1.165) is 6.29 Å². The van der Waals surface area contributed by atoms with Crippen molar-refractivity contribution in [2.24, 2.45) is 0 Å². The number of methoxy groups -OCH3 is 1. The first-order chi connectivity index (χ1) is 9.22. The normalized spacial score (nSPS) is 9.74. The van der Waals surface area contributed by atoms with Gasteiger partial charge in [-0.05, 0) is 36.4 Å². The SMILES string of the molecule is COc1ccc(OC(=O)c2ccc(C=O)cc2)cc1. The summed E-state index contributed by atoms with van der Waals surface area (Å²) in [6, 6.07) is 12.9. The van der Waals surface area contributed by atoms with Crippen LogP contribution in [0.1, 0.15) is 20.7 Å². The van der Waals surface area contributed by atoms with Gasteiger partial charge < -0.3 is 9.47 Å². The molecule has 0 N–H and O–H groups in total. The third-order valence-electron chi connectivity index (χ3n) is 2.55. The molecule has 4 nitrogen and oxygen atoms in total. The molecule has 0 aromatic heterocycles. The summed E-state index contributed by atoms with van der Waals surface area (Å²) in [6.07, 6.45) is 0.721. The van der Waals surface area contributed by atoms with Gasteiger partial charge in [0.15, 0.2) is 0 Å². The molecule has 2 aromatic rings. The van der Waals surface area contributed by atoms with E-state index in [1.807, 2.05) is 0 Å². The van der Waals surface area contributed by atoms with Gasteiger partial charge in [-0.3, -0.25) is 4.79 Å². The lowest BCUT2D eigenvalue weighted by molar-refractivity contribution is 0.0734. The summed E-state index contributed by atoms with van der Waals surface area (Å²) >= 11 is 0. The molecule has 0 aliphatic carbocycles. The number of hydrogen-bond acceptors (Lipinski definition) is 4. The molecule has 2 aromatic carbocycles. The Balaban J connectivity index is 2.08. The van der Waals surface area contributed by atoms with Gasteiger partial charge >= 0.3 is 5.97 Å². The molecular weight excluding hydrogens is 244 g/mol. The minimum atomic E-state index is -0.470. The molecule has 0 saturated carbocycles. The Bertz CT molecular complexity index is 570. The Morgan fingerprint density at radius 1 is 0.947 bits per heavy atom. The second kappa shape index (κ2) is 5.82. The van der Waals surface area contributed by atoms with E-state index in [4.69, 9.17) is 9.47 Å². The number of carbonyl (C=O) groups excluding carboxylic acids is 2. The monoisotopic (exact) mass is 256 g/mol. The summed E-state index contributed by atoms with van der Waals surface area (Å²) in [5.74, 6) is 0.656. The number of carbonyl (C=O) groups is 2. The number of ether oxygens (including phenoxy) is 2. The Morgan fingerprint density at radius 2 is 1.53 bits per heavy atom. The highest BCUT2D eigenvalue weighted by atomic mass is 16.5. The minimum Gasteiger partial charge on any atom is -0.497 e. The molecule has 0 aliphatic heterocycles. The molecule has 19 heavy (non-hydrogen) atoms. The standard InChI is InChI=1S/C15H12O4/c1-18-13-6-8-14(9-7-13)19-15(17)12-4-2-11(10-16)3-5-12/h2-10H,1H3. The topological polar surface area (TPSA) is 52.6 Å². The molecule has 0 unspecified atom stereocenters. The van der Waals surface area contributed by atoms with Crippen molar-refractivity contribution in [2.45, 2.75) is 0 Å². The van der Waals surface area contributed by atoms with Crippen molar-refractivity contribution in [2.75, 3.05) is 7.11 Å². The van der Waals surface area contributed by atoms with E-state index in [9.17, 15) is 9.59 Å². The second-order valence-corrected chi connectivity index (χ2v) is 3.80. The maximum absolute atomic E-state index is 11.8. The van der Waals surface area contributed by atoms with Gasteiger partial charge in [0.25, 0.3) is 0 Å².